The third kappa shape index (κ3) is 3.15. The fourth-order valence-electron chi connectivity index (χ4n) is 2.47. The predicted molar refractivity (Wildman–Crippen MR) is 74.8 cm³/mol. The summed E-state index contributed by atoms with van der Waals surface area (Å²) in [6.45, 7) is 3.37. The number of anilines is 1. The first-order valence-corrected chi connectivity index (χ1v) is 6.56. The highest BCUT2D eigenvalue weighted by Gasteiger charge is 2.28. The molecule has 1 aromatic rings. The highest BCUT2D eigenvalue weighted by Crippen LogP contribution is 2.28. The molecule has 1 heterocycles. The van der Waals surface area contributed by atoms with Gasteiger partial charge in [0.1, 0.15) is 6.04 Å². The van der Waals surface area contributed by atoms with Gasteiger partial charge in [0.05, 0.1) is 6.07 Å². The van der Waals surface area contributed by atoms with Crippen molar-refractivity contribution in [3.63, 3.8) is 0 Å². The van der Waals surface area contributed by atoms with E-state index >= 15 is 0 Å². The maximum atomic E-state index is 12.0. The topological polar surface area (TPSA) is 82.0 Å². The summed E-state index contributed by atoms with van der Waals surface area (Å²) in [6.07, 6.45) is 0.926. The van der Waals surface area contributed by atoms with Gasteiger partial charge in [-0.15, -0.1) is 0 Å². The second-order valence-corrected chi connectivity index (χ2v) is 5.17. The fourth-order valence-corrected chi connectivity index (χ4v) is 2.47. The molecule has 0 saturated heterocycles. The Morgan fingerprint density at radius 1 is 1.60 bits per heavy atom. The van der Waals surface area contributed by atoms with Crippen molar-refractivity contribution in [1.29, 1.82) is 5.26 Å². The van der Waals surface area contributed by atoms with E-state index < -0.39 is 6.04 Å². The maximum Gasteiger partial charge on any atom is 0.227 e. The van der Waals surface area contributed by atoms with Crippen LogP contribution in [-0.4, -0.2) is 17.9 Å². The largest absolute Gasteiger partial charge is 0.341 e. The molecule has 2 atom stereocenters. The summed E-state index contributed by atoms with van der Waals surface area (Å²) in [7, 11) is 0. The van der Waals surface area contributed by atoms with E-state index in [0.29, 0.717) is 12.8 Å². The number of amides is 2. The van der Waals surface area contributed by atoms with E-state index in [4.69, 9.17) is 5.26 Å². The number of carbonyl (C=O) groups is 2. The lowest BCUT2D eigenvalue weighted by Crippen LogP contribution is -2.38. The molecule has 1 unspecified atom stereocenters. The summed E-state index contributed by atoms with van der Waals surface area (Å²) < 4.78 is 0. The van der Waals surface area contributed by atoms with Gasteiger partial charge >= 0.3 is 0 Å². The number of nitriles is 1. The van der Waals surface area contributed by atoms with Gasteiger partial charge in [-0.25, -0.2) is 0 Å². The fraction of sp³-hybridized carbons (Fsp3) is 0.400. The van der Waals surface area contributed by atoms with Crippen molar-refractivity contribution in [2.75, 3.05) is 5.32 Å². The smallest absolute Gasteiger partial charge is 0.227 e. The van der Waals surface area contributed by atoms with Gasteiger partial charge in [0.2, 0.25) is 11.8 Å². The number of carbonyl (C=O) groups excluding carboxylic acids is 2. The van der Waals surface area contributed by atoms with Crippen molar-refractivity contribution in [1.82, 2.24) is 5.32 Å². The molecule has 0 bridgehead atoms. The molecule has 0 radical (unpaired) electrons. The first kappa shape index (κ1) is 14.1. The number of hydrogen-bond donors (Lipinski definition) is 2. The quantitative estimate of drug-likeness (QED) is 0.874. The summed E-state index contributed by atoms with van der Waals surface area (Å²) in [5, 5.41) is 14.4. The standard InChI is InChI=1S/C15H17N3O2/c1-9-3-4-14-11(5-9)6-12(15(20)18-14)7-13(8-16)17-10(2)19/h3-5,12-13H,6-7H2,1-2H3,(H,17,19)(H,18,20)/t12?,13-/m0/s1. The number of hydrogen-bond acceptors (Lipinski definition) is 3. The Kier molecular flexibility index (Phi) is 4.04. The van der Waals surface area contributed by atoms with Crippen LogP contribution in [0, 0.1) is 24.2 Å². The van der Waals surface area contributed by atoms with Crippen LogP contribution in [0.2, 0.25) is 0 Å². The van der Waals surface area contributed by atoms with Crippen molar-refractivity contribution in [2.24, 2.45) is 5.92 Å². The highest BCUT2D eigenvalue weighted by atomic mass is 16.2. The van der Waals surface area contributed by atoms with Crippen LogP contribution in [0.15, 0.2) is 18.2 Å². The van der Waals surface area contributed by atoms with Gasteiger partial charge in [-0.1, -0.05) is 17.7 Å². The van der Waals surface area contributed by atoms with E-state index in [0.717, 1.165) is 16.8 Å². The molecule has 20 heavy (non-hydrogen) atoms. The number of nitrogens with one attached hydrogen (secondary N) is 2. The van der Waals surface area contributed by atoms with E-state index in [1.807, 2.05) is 31.2 Å². The van der Waals surface area contributed by atoms with E-state index in [9.17, 15) is 9.59 Å². The summed E-state index contributed by atoms with van der Waals surface area (Å²) in [5.74, 6) is -0.642. The molecule has 2 N–H and O–H groups in total. The first-order valence-electron chi connectivity index (χ1n) is 6.56. The van der Waals surface area contributed by atoms with Gasteiger partial charge in [-0.3, -0.25) is 9.59 Å². The molecule has 1 aromatic carbocycles. The average molecular weight is 271 g/mol. The summed E-state index contributed by atoms with van der Waals surface area (Å²) >= 11 is 0. The molecule has 104 valence electrons. The number of nitrogens with zero attached hydrogens (tertiary/aromatic N) is 1. The lowest BCUT2D eigenvalue weighted by atomic mass is 9.88. The molecule has 0 spiro atoms. The summed E-state index contributed by atoms with van der Waals surface area (Å²) in [6, 6.07) is 7.29. The van der Waals surface area contributed by atoms with Gasteiger partial charge in [-0.05, 0) is 31.4 Å². The van der Waals surface area contributed by atoms with Crippen molar-refractivity contribution in [3.8, 4) is 6.07 Å². The maximum absolute atomic E-state index is 12.0. The van der Waals surface area contributed by atoms with Gasteiger partial charge in [0.15, 0.2) is 0 Å². The summed E-state index contributed by atoms with van der Waals surface area (Å²) in [4.78, 5) is 23.1. The lowest BCUT2D eigenvalue weighted by Gasteiger charge is -2.26. The van der Waals surface area contributed by atoms with Crippen LogP contribution in [0.3, 0.4) is 0 Å². The van der Waals surface area contributed by atoms with Crippen LogP contribution in [0.5, 0.6) is 0 Å². The number of fused-ring (bicyclic) bond motifs is 1. The molecular weight excluding hydrogens is 254 g/mol. The Labute approximate surface area is 118 Å². The minimum atomic E-state index is -0.630. The molecule has 0 saturated carbocycles. The third-order valence-corrected chi connectivity index (χ3v) is 3.41. The van der Waals surface area contributed by atoms with E-state index in [2.05, 4.69) is 10.6 Å². The Bertz CT molecular complexity index is 589. The molecule has 0 aromatic heterocycles. The molecule has 1 aliphatic rings. The van der Waals surface area contributed by atoms with E-state index in [1.54, 1.807) is 0 Å². The van der Waals surface area contributed by atoms with Gasteiger partial charge in [0, 0.05) is 18.5 Å². The minimum Gasteiger partial charge on any atom is -0.341 e. The predicted octanol–water partition coefficient (Wildman–Crippen LogP) is 1.52. The van der Waals surface area contributed by atoms with Gasteiger partial charge < -0.3 is 10.6 Å². The Morgan fingerprint density at radius 3 is 3.00 bits per heavy atom. The normalized spacial score (nSPS) is 18.4. The number of aryl methyl sites for hydroxylation is 1. The van der Waals surface area contributed by atoms with Crippen molar-refractivity contribution >= 4 is 17.5 Å². The number of rotatable bonds is 3. The second kappa shape index (κ2) is 5.74. The van der Waals surface area contributed by atoms with Crippen LogP contribution >= 0.6 is 0 Å². The first-order chi connectivity index (χ1) is 9.49. The van der Waals surface area contributed by atoms with Crippen LogP contribution < -0.4 is 10.6 Å². The van der Waals surface area contributed by atoms with Crippen LogP contribution in [-0.2, 0) is 16.0 Å². The Balaban J connectivity index is 2.12. The summed E-state index contributed by atoms with van der Waals surface area (Å²) in [5.41, 5.74) is 3.05. The molecule has 5 nitrogen and oxygen atoms in total. The SMILES string of the molecule is CC(=O)N[C@H](C#N)CC1Cc2cc(C)ccc2NC1=O. The minimum absolute atomic E-state index is 0.0908. The average Bonchev–Trinajstić information content (AvgIpc) is 2.38. The molecular formula is C15H17N3O2. The molecule has 2 rings (SSSR count). The van der Waals surface area contributed by atoms with Crippen molar-refractivity contribution in [2.45, 2.75) is 32.7 Å². The zero-order chi connectivity index (χ0) is 14.7. The molecule has 0 fully saturated rings. The van der Waals surface area contributed by atoms with Crippen LogP contribution in [0.1, 0.15) is 24.5 Å². The molecule has 2 amide bonds. The Hall–Kier alpha value is -2.35. The van der Waals surface area contributed by atoms with Crippen molar-refractivity contribution < 1.29 is 9.59 Å². The lowest BCUT2D eigenvalue weighted by molar-refractivity contribution is -0.122. The van der Waals surface area contributed by atoms with Crippen molar-refractivity contribution in [3.05, 3.63) is 29.3 Å². The van der Waals surface area contributed by atoms with Crippen LogP contribution in [0.25, 0.3) is 0 Å². The monoisotopic (exact) mass is 271 g/mol. The molecule has 1 aliphatic heterocycles. The van der Waals surface area contributed by atoms with Gasteiger partial charge in [-0.2, -0.15) is 5.26 Å². The molecule has 5 heteroatoms. The zero-order valence-corrected chi connectivity index (χ0v) is 11.6. The van der Waals surface area contributed by atoms with E-state index in [1.165, 1.54) is 6.92 Å². The second-order valence-electron chi connectivity index (χ2n) is 5.17. The Morgan fingerprint density at radius 2 is 2.35 bits per heavy atom. The zero-order valence-electron chi connectivity index (χ0n) is 11.6. The number of benzene rings is 1. The van der Waals surface area contributed by atoms with Gasteiger partial charge in [0.25, 0.3) is 0 Å². The third-order valence-electron chi connectivity index (χ3n) is 3.41. The van der Waals surface area contributed by atoms with Crippen LogP contribution in [0.4, 0.5) is 5.69 Å². The molecule has 0 aliphatic carbocycles. The van der Waals surface area contributed by atoms with E-state index in [-0.39, 0.29) is 17.7 Å². The highest BCUT2D eigenvalue weighted by molar-refractivity contribution is 5.95.